The molecule has 5 heteroatoms. The predicted molar refractivity (Wildman–Crippen MR) is 87.6 cm³/mol. The molecule has 0 spiro atoms. The van der Waals surface area contributed by atoms with Gasteiger partial charge in [-0.05, 0) is 17.4 Å². The number of thiophene rings is 1. The average molecular weight is 314 g/mol. The third-order valence-corrected chi connectivity index (χ3v) is 5.94. The fourth-order valence-corrected chi connectivity index (χ4v) is 5.43. The van der Waals surface area contributed by atoms with Gasteiger partial charge in [-0.2, -0.15) is 0 Å². The molecule has 0 aromatic carbocycles. The van der Waals surface area contributed by atoms with Crippen molar-refractivity contribution in [2.45, 2.75) is 50.0 Å². The van der Waals surface area contributed by atoms with E-state index in [1.54, 1.807) is 23.1 Å². The molecule has 1 aromatic rings. The summed E-state index contributed by atoms with van der Waals surface area (Å²) in [5.74, 6) is 0.244. The monoisotopic (exact) mass is 313 g/mol. The normalized spacial score (nSPS) is 17.6. The van der Waals surface area contributed by atoms with Crippen molar-refractivity contribution in [3.8, 4) is 0 Å². The van der Waals surface area contributed by atoms with Crippen molar-refractivity contribution in [1.29, 1.82) is 0 Å². The van der Waals surface area contributed by atoms with Crippen LogP contribution in [0.5, 0.6) is 0 Å². The van der Waals surface area contributed by atoms with Gasteiger partial charge in [0.25, 0.3) is 0 Å². The molecular formula is C14H19NOS3. The highest BCUT2D eigenvalue weighted by molar-refractivity contribution is 8.01. The van der Waals surface area contributed by atoms with Gasteiger partial charge in [-0.25, -0.2) is 0 Å². The second kappa shape index (κ2) is 5.19. The summed E-state index contributed by atoms with van der Waals surface area (Å²) in [6.45, 7) is 8.52. The topological polar surface area (TPSA) is 43.1 Å². The molecule has 104 valence electrons. The van der Waals surface area contributed by atoms with Gasteiger partial charge < -0.3 is 5.73 Å². The number of thiocarbonyl (C=S) groups is 1. The van der Waals surface area contributed by atoms with Crippen molar-refractivity contribution < 1.29 is 4.79 Å². The van der Waals surface area contributed by atoms with E-state index < -0.39 is 0 Å². The largest absolute Gasteiger partial charge is 0.389 e. The molecule has 0 saturated carbocycles. The SMILES string of the molecule is CC(C)Sc1sc(C(N)=S)c2c1C(=O)CC(C)(C)C2. The Bertz CT molecular complexity index is 543. The molecule has 0 saturated heterocycles. The first-order valence-corrected chi connectivity index (χ1v) is 8.47. The zero-order valence-electron chi connectivity index (χ0n) is 11.7. The Morgan fingerprint density at radius 2 is 2.05 bits per heavy atom. The Morgan fingerprint density at radius 3 is 2.58 bits per heavy atom. The fourth-order valence-electron chi connectivity index (χ4n) is 2.45. The molecule has 0 unspecified atom stereocenters. The number of hydrogen-bond acceptors (Lipinski definition) is 4. The molecule has 2 nitrogen and oxygen atoms in total. The van der Waals surface area contributed by atoms with E-state index in [2.05, 4.69) is 27.7 Å². The predicted octanol–water partition coefficient (Wildman–Crippen LogP) is 4.04. The number of thioether (sulfide) groups is 1. The number of carbonyl (C=O) groups is 1. The van der Waals surface area contributed by atoms with Gasteiger partial charge in [0, 0.05) is 17.2 Å². The molecule has 2 N–H and O–H groups in total. The number of carbonyl (C=O) groups excluding carboxylic acids is 1. The van der Waals surface area contributed by atoms with Crippen molar-refractivity contribution in [3.63, 3.8) is 0 Å². The van der Waals surface area contributed by atoms with E-state index >= 15 is 0 Å². The molecule has 0 amide bonds. The minimum absolute atomic E-state index is 0.00442. The first-order valence-electron chi connectivity index (χ1n) is 6.36. The lowest BCUT2D eigenvalue weighted by Crippen LogP contribution is -2.28. The van der Waals surface area contributed by atoms with E-state index in [-0.39, 0.29) is 11.2 Å². The standard InChI is InChI=1S/C14H19NOS3/c1-7(2)18-13-10-8(11(19-13)12(15)17)5-14(3,4)6-9(10)16/h7H,5-6H2,1-4H3,(H2,15,17). The van der Waals surface area contributed by atoms with Gasteiger partial charge in [0.15, 0.2) is 5.78 Å². The van der Waals surface area contributed by atoms with E-state index in [0.717, 1.165) is 26.6 Å². The summed E-state index contributed by atoms with van der Waals surface area (Å²) in [4.78, 5) is 13.8. The number of hydrogen-bond donors (Lipinski definition) is 1. The minimum Gasteiger partial charge on any atom is -0.389 e. The highest BCUT2D eigenvalue weighted by Gasteiger charge is 2.36. The Balaban J connectivity index is 2.57. The molecular weight excluding hydrogens is 294 g/mol. The first kappa shape index (κ1) is 15.0. The molecule has 0 aliphatic heterocycles. The zero-order valence-corrected chi connectivity index (χ0v) is 14.2. The van der Waals surface area contributed by atoms with E-state index in [0.29, 0.717) is 16.7 Å². The van der Waals surface area contributed by atoms with Gasteiger partial charge in [-0.3, -0.25) is 4.79 Å². The maximum atomic E-state index is 12.4. The summed E-state index contributed by atoms with van der Waals surface area (Å²) in [7, 11) is 0. The average Bonchev–Trinajstić information content (AvgIpc) is 2.53. The van der Waals surface area contributed by atoms with Crippen LogP contribution in [0.25, 0.3) is 0 Å². The molecule has 2 rings (SSSR count). The quantitative estimate of drug-likeness (QED) is 0.675. The third-order valence-electron chi connectivity index (χ3n) is 3.11. The van der Waals surface area contributed by atoms with Crippen molar-refractivity contribution in [2.24, 2.45) is 11.1 Å². The van der Waals surface area contributed by atoms with Crippen LogP contribution in [0.3, 0.4) is 0 Å². The van der Waals surface area contributed by atoms with Crippen LogP contribution in [0.4, 0.5) is 0 Å². The molecule has 1 aliphatic rings. The lowest BCUT2D eigenvalue weighted by molar-refractivity contribution is 0.0910. The molecule has 0 fully saturated rings. The van der Waals surface area contributed by atoms with Crippen LogP contribution in [-0.2, 0) is 6.42 Å². The van der Waals surface area contributed by atoms with Crippen LogP contribution in [0.1, 0.15) is 54.9 Å². The number of fused-ring (bicyclic) bond motifs is 1. The summed E-state index contributed by atoms with van der Waals surface area (Å²) >= 11 is 8.49. The minimum atomic E-state index is 0.00442. The smallest absolute Gasteiger partial charge is 0.165 e. The van der Waals surface area contributed by atoms with E-state index in [9.17, 15) is 4.79 Å². The van der Waals surface area contributed by atoms with Crippen molar-refractivity contribution in [3.05, 3.63) is 16.0 Å². The molecule has 1 heterocycles. The molecule has 0 bridgehead atoms. The zero-order chi connectivity index (χ0) is 14.4. The van der Waals surface area contributed by atoms with Crippen LogP contribution in [0, 0.1) is 5.41 Å². The molecule has 0 atom stereocenters. The second-order valence-electron chi connectivity index (χ2n) is 6.04. The molecule has 0 radical (unpaired) electrons. The van der Waals surface area contributed by atoms with E-state index in [1.807, 2.05) is 0 Å². The van der Waals surface area contributed by atoms with Crippen molar-refractivity contribution in [2.75, 3.05) is 0 Å². The van der Waals surface area contributed by atoms with Crippen LogP contribution in [0.15, 0.2) is 4.21 Å². The van der Waals surface area contributed by atoms with Gasteiger partial charge in [-0.1, -0.05) is 39.9 Å². The molecule has 1 aromatic heterocycles. The highest BCUT2D eigenvalue weighted by atomic mass is 32.2. The third kappa shape index (κ3) is 3.03. The Labute approximate surface area is 128 Å². The molecule has 1 aliphatic carbocycles. The lowest BCUT2D eigenvalue weighted by Gasteiger charge is -2.29. The highest BCUT2D eigenvalue weighted by Crippen LogP contribution is 2.45. The van der Waals surface area contributed by atoms with Crippen molar-refractivity contribution >= 4 is 46.1 Å². The summed E-state index contributed by atoms with van der Waals surface area (Å²) in [6.07, 6.45) is 1.50. The van der Waals surface area contributed by atoms with E-state index in [1.165, 1.54) is 0 Å². The fraction of sp³-hybridized carbons (Fsp3) is 0.571. The van der Waals surface area contributed by atoms with Gasteiger partial charge in [0.1, 0.15) is 4.99 Å². The van der Waals surface area contributed by atoms with Gasteiger partial charge >= 0.3 is 0 Å². The van der Waals surface area contributed by atoms with Crippen LogP contribution in [-0.4, -0.2) is 16.0 Å². The van der Waals surface area contributed by atoms with Crippen LogP contribution >= 0.6 is 35.3 Å². The first-order chi connectivity index (χ1) is 8.71. The Morgan fingerprint density at radius 1 is 1.42 bits per heavy atom. The number of ketones is 1. The summed E-state index contributed by atoms with van der Waals surface area (Å²) in [5.41, 5.74) is 7.82. The lowest BCUT2D eigenvalue weighted by atomic mass is 9.74. The summed E-state index contributed by atoms with van der Waals surface area (Å²) < 4.78 is 1.09. The second-order valence-corrected chi connectivity index (χ2v) is 9.35. The molecule has 19 heavy (non-hydrogen) atoms. The maximum Gasteiger partial charge on any atom is 0.165 e. The summed E-state index contributed by atoms with van der Waals surface area (Å²) in [6, 6.07) is 0. The maximum absolute atomic E-state index is 12.4. The number of rotatable bonds is 3. The number of Topliss-reactive ketones (excluding diaryl/α,β-unsaturated/α-hetero) is 1. The summed E-state index contributed by atoms with van der Waals surface area (Å²) in [5, 5.41) is 0.449. The Kier molecular flexibility index (Phi) is 4.10. The Hall–Kier alpha value is -0.390. The van der Waals surface area contributed by atoms with Crippen LogP contribution in [0.2, 0.25) is 0 Å². The van der Waals surface area contributed by atoms with Gasteiger partial charge in [0.2, 0.25) is 0 Å². The van der Waals surface area contributed by atoms with Gasteiger partial charge in [-0.15, -0.1) is 23.1 Å². The van der Waals surface area contributed by atoms with Crippen molar-refractivity contribution in [1.82, 2.24) is 0 Å². The number of nitrogens with two attached hydrogens (primary N) is 1. The van der Waals surface area contributed by atoms with Gasteiger partial charge in [0.05, 0.1) is 9.09 Å². The van der Waals surface area contributed by atoms with E-state index in [4.69, 9.17) is 18.0 Å². The van der Waals surface area contributed by atoms with Crippen LogP contribution < -0.4 is 5.73 Å².